The fourth-order valence-corrected chi connectivity index (χ4v) is 1.88. The third kappa shape index (κ3) is 3.01. The van der Waals surface area contributed by atoms with Crippen LogP contribution in [0.1, 0.15) is 5.56 Å². The van der Waals surface area contributed by atoms with Gasteiger partial charge in [-0.1, -0.05) is 28.1 Å². The quantitative estimate of drug-likeness (QED) is 0.913. The molecule has 0 fully saturated rings. The van der Waals surface area contributed by atoms with Gasteiger partial charge in [-0.3, -0.25) is 0 Å². The highest BCUT2D eigenvalue weighted by Crippen LogP contribution is 2.21. The van der Waals surface area contributed by atoms with Gasteiger partial charge >= 0.3 is 0 Å². The Kier molecular flexibility index (Phi) is 4.20. The molecule has 18 heavy (non-hydrogen) atoms. The summed E-state index contributed by atoms with van der Waals surface area (Å²) in [6.45, 7) is 0.421. The number of ether oxygens (including phenoxy) is 1. The van der Waals surface area contributed by atoms with Crippen molar-refractivity contribution in [2.75, 3.05) is 12.4 Å². The summed E-state index contributed by atoms with van der Waals surface area (Å²) in [6, 6.07) is 12.9. The van der Waals surface area contributed by atoms with Crippen molar-refractivity contribution in [3.63, 3.8) is 0 Å². The van der Waals surface area contributed by atoms with Gasteiger partial charge in [0.15, 0.2) is 11.6 Å². The van der Waals surface area contributed by atoms with E-state index in [4.69, 9.17) is 4.74 Å². The molecule has 0 aromatic heterocycles. The van der Waals surface area contributed by atoms with Crippen molar-refractivity contribution < 1.29 is 9.13 Å². The van der Waals surface area contributed by atoms with Crippen LogP contribution >= 0.6 is 15.9 Å². The molecule has 0 spiro atoms. The molecule has 0 aliphatic carbocycles. The van der Waals surface area contributed by atoms with E-state index in [0.717, 1.165) is 10.2 Å². The van der Waals surface area contributed by atoms with Crippen molar-refractivity contribution in [3.05, 3.63) is 58.3 Å². The first-order valence-electron chi connectivity index (χ1n) is 5.51. The molecule has 2 nitrogen and oxygen atoms in total. The van der Waals surface area contributed by atoms with E-state index < -0.39 is 0 Å². The molecule has 2 rings (SSSR count). The monoisotopic (exact) mass is 309 g/mol. The van der Waals surface area contributed by atoms with Crippen molar-refractivity contribution in [1.29, 1.82) is 0 Å². The predicted molar refractivity (Wildman–Crippen MR) is 74.4 cm³/mol. The van der Waals surface area contributed by atoms with Crippen molar-refractivity contribution in [2.45, 2.75) is 6.54 Å². The zero-order valence-corrected chi connectivity index (χ0v) is 11.5. The number of halogens is 2. The number of rotatable bonds is 4. The average molecular weight is 310 g/mol. The summed E-state index contributed by atoms with van der Waals surface area (Å²) in [6.07, 6.45) is 0. The first-order chi connectivity index (χ1) is 8.70. The lowest BCUT2D eigenvalue weighted by Crippen LogP contribution is -2.02. The Morgan fingerprint density at radius 3 is 2.56 bits per heavy atom. The molecule has 0 unspecified atom stereocenters. The molecule has 0 saturated heterocycles. The molecule has 0 heterocycles. The average Bonchev–Trinajstić information content (AvgIpc) is 2.39. The number of anilines is 1. The van der Waals surface area contributed by atoms with Crippen LogP contribution in [0, 0.1) is 5.82 Å². The smallest absolute Gasteiger partial charge is 0.170 e. The van der Waals surface area contributed by atoms with Gasteiger partial charge < -0.3 is 10.1 Å². The topological polar surface area (TPSA) is 21.3 Å². The van der Waals surface area contributed by atoms with Crippen molar-refractivity contribution >= 4 is 21.6 Å². The maximum Gasteiger partial charge on any atom is 0.170 e. The lowest BCUT2D eigenvalue weighted by Gasteiger charge is -2.09. The van der Waals surface area contributed by atoms with Gasteiger partial charge in [-0.25, -0.2) is 4.39 Å². The molecule has 0 radical (unpaired) electrons. The molecular weight excluding hydrogens is 297 g/mol. The van der Waals surface area contributed by atoms with Crippen molar-refractivity contribution in [1.82, 2.24) is 0 Å². The molecule has 2 aromatic rings. The standard InChI is InChI=1S/C14H13BrFNO/c1-18-13-4-2-3-10(14(13)16)9-17-12-7-5-11(15)6-8-12/h2-8,17H,9H2,1H3. The van der Waals surface area contributed by atoms with E-state index in [1.54, 1.807) is 18.2 Å². The van der Waals surface area contributed by atoms with Crippen LogP contribution in [0.2, 0.25) is 0 Å². The highest BCUT2D eigenvalue weighted by Gasteiger charge is 2.07. The molecular formula is C14H13BrFNO. The Labute approximate surface area is 114 Å². The Hall–Kier alpha value is -1.55. The molecule has 94 valence electrons. The van der Waals surface area contributed by atoms with Crippen LogP contribution in [-0.2, 0) is 6.54 Å². The summed E-state index contributed by atoms with van der Waals surface area (Å²) in [5.41, 5.74) is 1.53. The molecule has 1 N–H and O–H groups in total. The Morgan fingerprint density at radius 1 is 1.17 bits per heavy atom. The van der Waals surface area contributed by atoms with Crippen LogP contribution in [0.3, 0.4) is 0 Å². The Bertz CT molecular complexity index is 528. The lowest BCUT2D eigenvalue weighted by molar-refractivity contribution is 0.384. The molecule has 0 saturated carbocycles. The maximum atomic E-state index is 13.9. The van der Waals surface area contributed by atoms with Crippen molar-refractivity contribution in [3.8, 4) is 5.75 Å². The zero-order valence-electron chi connectivity index (χ0n) is 9.91. The van der Waals surface area contributed by atoms with Gasteiger partial charge in [-0.15, -0.1) is 0 Å². The summed E-state index contributed by atoms with van der Waals surface area (Å²) >= 11 is 3.37. The number of hydrogen-bond donors (Lipinski definition) is 1. The second kappa shape index (κ2) is 5.87. The highest BCUT2D eigenvalue weighted by atomic mass is 79.9. The summed E-state index contributed by atoms with van der Waals surface area (Å²) < 4.78 is 19.8. The van der Waals surface area contributed by atoms with Crippen LogP contribution < -0.4 is 10.1 Å². The molecule has 0 aliphatic rings. The Morgan fingerprint density at radius 2 is 1.89 bits per heavy atom. The second-order valence-corrected chi connectivity index (χ2v) is 4.71. The predicted octanol–water partition coefficient (Wildman–Crippen LogP) is 4.21. The van der Waals surface area contributed by atoms with Crippen LogP contribution in [0.15, 0.2) is 46.9 Å². The van der Waals surface area contributed by atoms with E-state index >= 15 is 0 Å². The van der Waals surface area contributed by atoms with Gasteiger partial charge in [-0.05, 0) is 30.3 Å². The molecule has 4 heteroatoms. The third-order valence-corrected chi connectivity index (χ3v) is 3.12. The minimum absolute atomic E-state index is 0.269. The minimum Gasteiger partial charge on any atom is -0.494 e. The summed E-state index contributed by atoms with van der Waals surface area (Å²) in [5.74, 6) is -0.0466. The summed E-state index contributed by atoms with van der Waals surface area (Å²) in [5, 5.41) is 3.16. The molecule has 0 bridgehead atoms. The van der Waals surface area contributed by atoms with E-state index in [0.29, 0.717) is 12.1 Å². The fraction of sp³-hybridized carbons (Fsp3) is 0.143. The second-order valence-electron chi connectivity index (χ2n) is 3.79. The molecule has 2 aromatic carbocycles. The van der Waals surface area contributed by atoms with Crippen LogP contribution in [-0.4, -0.2) is 7.11 Å². The number of methoxy groups -OCH3 is 1. The van der Waals surface area contributed by atoms with Crippen molar-refractivity contribution in [2.24, 2.45) is 0 Å². The van der Waals surface area contributed by atoms with E-state index in [9.17, 15) is 4.39 Å². The normalized spacial score (nSPS) is 10.2. The van der Waals surface area contributed by atoms with Crippen LogP contribution in [0.5, 0.6) is 5.75 Å². The fourth-order valence-electron chi connectivity index (χ4n) is 1.62. The molecule has 0 amide bonds. The first kappa shape index (κ1) is 12.9. The van der Waals surface area contributed by atoms with Gasteiger partial charge in [0, 0.05) is 22.3 Å². The Balaban J connectivity index is 2.08. The van der Waals surface area contributed by atoms with Gasteiger partial charge in [0.1, 0.15) is 0 Å². The lowest BCUT2D eigenvalue weighted by atomic mass is 10.2. The number of benzene rings is 2. The first-order valence-corrected chi connectivity index (χ1v) is 6.31. The van der Waals surface area contributed by atoms with Crippen LogP contribution in [0.4, 0.5) is 10.1 Å². The number of nitrogens with one attached hydrogen (secondary N) is 1. The maximum absolute atomic E-state index is 13.9. The van der Waals surface area contributed by atoms with Gasteiger partial charge in [-0.2, -0.15) is 0 Å². The number of hydrogen-bond acceptors (Lipinski definition) is 2. The summed E-state index contributed by atoms with van der Waals surface area (Å²) in [7, 11) is 1.46. The SMILES string of the molecule is COc1cccc(CNc2ccc(Br)cc2)c1F. The zero-order chi connectivity index (χ0) is 13.0. The van der Waals surface area contributed by atoms with Crippen LogP contribution in [0.25, 0.3) is 0 Å². The van der Waals surface area contributed by atoms with E-state index in [1.165, 1.54) is 7.11 Å². The van der Waals surface area contributed by atoms with Gasteiger partial charge in [0.05, 0.1) is 7.11 Å². The largest absolute Gasteiger partial charge is 0.494 e. The van der Waals surface area contributed by atoms with E-state index in [1.807, 2.05) is 24.3 Å². The minimum atomic E-state index is -0.315. The van der Waals surface area contributed by atoms with Gasteiger partial charge in [0.25, 0.3) is 0 Å². The van der Waals surface area contributed by atoms with Gasteiger partial charge in [0.2, 0.25) is 0 Å². The van der Waals surface area contributed by atoms with E-state index in [2.05, 4.69) is 21.2 Å². The summed E-state index contributed by atoms with van der Waals surface area (Å²) in [4.78, 5) is 0. The molecule has 0 aliphatic heterocycles. The molecule has 0 atom stereocenters. The highest BCUT2D eigenvalue weighted by molar-refractivity contribution is 9.10. The third-order valence-electron chi connectivity index (χ3n) is 2.59. The van der Waals surface area contributed by atoms with E-state index in [-0.39, 0.29) is 11.6 Å².